The van der Waals surface area contributed by atoms with Crippen molar-refractivity contribution in [2.75, 3.05) is 18.1 Å². The Morgan fingerprint density at radius 3 is 2.83 bits per heavy atom. The summed E-state index contributed by atoms with van der Waals surface area (Å²) < 4.78 is 22.2. The summed E-state index contributed by atoms with van der Waals surface area (Å²) in [6, 6.07) is 0. The lowest BCUT2D eigenvalue weighted by Crippen LogP contribution is -2.24. The molecule has 1 saturated heterocycles. The second-order valence-electron chi connectivity index (χ2n) is 2.93. The van der Waals surface area contributed by atoms with Gasteiger partial charge in [0.15, 0.2) is 9.84 Å². The van der Waals surface area contributed by atoms with Gasteiger partial charge in [0.05, 0.1) is 11.5 Å². The zero-order chi connectivity index (χ0) is 9.03. The molecule has 1 fully saturated rings. The molecule has 0 aromatic rings. The van der Waals surface area contributed by atoms with Crippen LogP contribution in [0.5, 0.6) is 0 Å². The van der Waals surface area contributed by atoms with Crippen LogP contribution in [0.1, 0.15) is 12.8 Å². The number of rotatable bonds is 0. The Bertz CT molecular complexity index is 294. The standard InChI is InChI=1S/C8H12O3S/c9-5-1-3-8-4-2-6-12(10,11)7-8/h8-9H,2,4-7H2. The van der Waals surface area contributed by atoms with E-state index in [4.69, 9.17) is 5.11 Å². The first-order valence-corrected chi connectivity index (χ1v) is 5.76. The molecule has 0 spiro atoms. The minimum absolute atomic E-state index is 0.0594. The van der Waals surface area contributed by atoms with Gasteiger partial charge in [0.25, 0.3) is 0 Å². The van der Waals surface area contributed by atoms with Crippen LogP contribution in [0.25, 0.3) is 0 Å². The SMILES string of the molecule is O=S1(=O)CCCC(C#CCO)C1. The van der Waals surface area contributed by atoms with Crippen molar-refractivity contribution < 1.29 is 13.5 Å². The molecule has 0 aromatic carbocycles. The van der Waals surface area contributed by atoms with Gasteiger partial charge in [-0.25, -0.2) is 8.42 Å². The molecule has 0 amide bonds. The Labute approximate surface area is 72.7 Å². The maximum Gasteiger partial charge on any atom is 0.151 e. The van der Waals surface area contributed by atoms with Crippen LogP contribution in [0.15, 0.2) is 0 Å². The maximum absolute atomic E-state index is 11.1. The van der Waals surface area contributed by atoms with Crippen LogP contribution in [0, 0.1) is 17.8 Å². The third kappa shape index (κ3) is 2.84. The molecule has 0 bridgehead atoms. The molecule has 68 valence electrons. The molecule has 12 heavy (non-hydrogen) atoms. The molecular weight excluding hydrogens is 176 g/mol. The molecule has 4 heteroatoms. The zero-order valence-electron chi connectivity index (χ0n) is 6.78. The third-order valence-corrected chi connectivity index (χ3v) is 3.67. The molecular formula is C8H12O3S. The van der Waals surface area contributed by atoms with Crippen molar-refractivity contribution in [1.82, 2.24) is 0 Å². The summed E-state index contributed by atoms with van der Waals surface area (Å²) in [6.07, 6.45) is 1.54. The predicted octanol–water partition coefficient (Wildman–Crippen LogP) is -0.193. The molecule has 1 rings (SSSR count). The first-order valence-electron chi connectivity index (χ1n) is 3.94. The van der Waals surface area contributed by atoms with Gasteiger partial charge in [-0.15, -0.1) is 0 Å². The van der Waals surface area contributed by atoms with Gasteiger partial charge in [0.2, 0.25) is 0 Å². The lowest BCUT2D eigenvalue weighted by atomic mass is 10.1. The minimum atomic E-state index is -2.85. The van der Waals surface area contributed by atoms with Crippen molar-refractivity contribution in [2.24, 2.45) is 5.92 Å². The van der Waals surface area contributed by atoms with E-state index in [1.807, 2.05) is 0 Å². The normalized spacial score (nSPS) is 27.2. The Kier molecular flexibility index (Phi) is 3.12. The summed E-state index contributed by atoms with van der Waals surface area (Å²) in [5.41, 5.74) is 0. The van der Waals surface area contributed by atoms with Crippen LogP contribution in [-0.4, -0.2) is 31.6 Å². The smallest absolute Gasteiger partial charge is 0.151 e. The Morgan fingerprint density at radius 1 is 1.50 bits per heavy atom. The van der Waals surface area contributed by atoms with Crippen molar-refractivity contribution in [3.8, 4) is 11.8 Å². The molecule has 0 saturated carbocycles. The van der Waals surface area contributed by atoms with E-state index in [9.17, 15) is 8.42 Å². The lowest BCUT2D eigenvalue weighted by Gasteiger charge is -2.16. The highest BCUT2D eigenvalue weighted by Gasteiger charge is 2.22. The van der Waals surface area contributed by atoms with Gasteiger partial charge in [0, 0.05) is 5.92 Å². The number of aliphatic hydroxyl groups excluding tert-OH is 1. The monoisotopic (exact) mass is 188 g/mol. The summed E-state index contributed by atoms with van der Waals surface area (Å²) in [7, 11) is -2.85. The summed E-state index contributed by atoms with van der Waals surface area (Å²) in [5.74, 6) is 5.65. The van der Waals surface area contributed by atoms with Crippen LogP contribution in [-0.2, 0) is 9.84 Å². The summed E-state index contributed by atoms with van der Waals surface area (Å²) in [5, 5.41) is 8.40. The van der Waals surface area contributed by atoms with Gasteiger partial charge < -0.3 is 5.11 Å². The maximum atomic E-state index is 11.1. The molecule has 1 unspecified atom stereocenters. The van der Waals surface area contributed by atoms with Gasteiger partial charge in [-0.2, -0.15) is 0 Å². The van der Waals surface area contributed by atoms with Crippen molar-refractivity contribution in [3.05, 3.63) is 0 Å². The third-order valence-electron chi connectivity index (χ3n) is 1.85. The number of hydrogen-bond donors (Lipinski definition) is 1. The van der Waals surface area contributed by atoms with E-state index in [1.54, 1.807) is 0 Å². The van der Waals surface area contributed by atoms with Crippen LogP contribution >= 0.6 is 0 Å². The van der Waals surface area contributed by atoms with E-state index in [0.717, 1.165) is 6.42 Å². The van der Waals surface area contributed by atoms with Gasteiger partial charge in [-0.1, -0.05) is 11.8 Å². The predicted molar refractivity (Wildman–Crippen MR) is 46.2 cm³/mol. The average Bonchev–Trinajstić information content (AvgIpc) is 1.99. The topological polar surface area (TPSA) is 54.4 Å². The molecule has 1 heterocycles. The van der Waals surface area contributed by atoms with Crippen LogP contribution in [0.3, 0.4) is 0 Å². The van der Waals surface area contributed by atoms with E-state index in [1.165, 1.54) is 0 Å². The fourth-order valence-corrected chi connectivity index (χ4v) is 2.96. The highest BCUT2D eigenvalue weighted by Crippen LogP contribution is 2.16. The lowest BCUT2D eigenvalue weighted by molar-refractivity contribution is 0.350. The van der Waals surface area contributed by atoms with Crippen molar-refractivity contribution in [3.63, 3.8) is 0 Å². The van der Waals surface area contributed by atoms with E-state index < -0.39 is 9.84 Å². The Hall–Kier alpha value is -0.530. The number of aliphatic hydroxyl groups is 1. The van der Waals surface area contributed by atoms with E-state index in [2.05, 4.69) is 11.8 Å². The van der Waals surface area contributed by atoms with E-state index >= 15 is 0 Å². The molecule has 1 aliphatic rings. The summed E-state index contributed by atoms with van der Waals surface area (Å²) in [6.45, 7) is -0.184. The second kappa shape index (κ2) is 3.92. The molecule has 3 nitrogen and oxygen atoms in total. The van der Waals surface area contributed by atoms with Gasteiger partial charge >= 0.3 is 0 Å². The Balaban J connectivity index is 2.58. The Morgan fingerprint density at radius 2 is 2.25 bits per heavy atom. The van der Waals surface area contributed by atoms with Crippen LogP contribution < -0.4 is 0 Å². The highest BCUT2D eigenvalue weighted by atomic mass is 32.2. The van der Waals surface area contributed by atoms with Crippen molar-refractivity contribution in [2.45, 2.75) is 12.8 Å². The fraction of sp³-hybridized carbons (Fsp3) is 0.750. The summed E-state index contributed by atoms with van der Waals surface area (Å²) >= 11 is 0. The highest BCUT2D eigenvalue weighted by molar-refractivity contribution is 7.91. The van der Waals surface area contributed by atoms with E-state index in [0.29, 0.717) is 12.2 Å². The molecule has 0 aliphatic carbocycles. The van der Waals surface area contributed by atoms with Gasteiger partial charge in [-0.3, -0.25) is 0 Å². The largest absolute Gasteiger partial charge is 0.384 e. The van der Waals surface area contributed by atoms with E-state index in [-0.39, 0.29) is 18.3 Å². The van der Waals surface area contributed by atoms with Gasteiger partial charge in [-0.05, 0) is 12.8 Å². The molecule has 1 aliphatic heterocycles. The first kappa shape index (κ1) is 9.56. The molecule has 0 aromatic heterocycles. The quantitative estimate of drug-likeness (QED) is 0.536. The number of sulfone groups is 1. The molecule has 0 radical (unpaired) electrons. The summed E-state index contributed by atoms with van der Waals surface area (Å²) in [4.78, 5) is 0. The average molecular weight is 188 g/mol. The molecule has 1 atom stereocenters. The number of hydrogen-bond acceptors (Lipinski definition) is 3. The first-order chi connectivity index (χ1) is 5.64. The van der Waals surface area contributed by atoms with Crippen molar-refractivity contribution >= 4 is 9.84 Å². The minimum Gasteiger partial charge on any atom is -0.384 e. The van der Waals surface area contributed by atoms with Crippen molar-refractivity contribution in [1.29, 1.82) is 0 Å². The second-order valence-corrected chi connectivity index (χ2v) is 5.16. The van der Waals surface area contributed by atoms with Crippen LogP contribution in [0.2, 0.25) is 0 Å². The fourth-order valence-electron chi connectivity index (χ4n) is 1.33. The zero-order valence-corrected chi connectivity index (χ0v) is 7.60. The van der Waals surface area contributed by atoms with Crippen LogP contribution in [0.4, 0.5) is 0 Å². The van der Waals surface area contributed by atoms with Gasteiger partial charge in [0.1, 0.15) is 6.61 Å². The molecule has 1 N–H and O–H groups in total.